The van der Waals surface area contributed by atoms with E-state index in [0.717, 1.165) is 12.8 Å². The number of rotatable bonds is 3. The normalized spacial score (nSPS) is 15.6. The van der Waals surface area contributed by atoms with Gasteiger partial charge < -0.3 is 10.1 Å². The zero-order chi connectivity index (χ0) is 19.3. The van der Waals surface area contributed by atoms with Gasteiger partial charge in [-0.15, -0.1) is 0 Å². The Morgan fingerprint density at radius 2 is 2.18 bits per heavy atom. The Labute approximate surface area is 156 Å². The summed E-state index contributed by atoms with van der Waals surface area (Å²) in [4.78, 5) is 29.0. The SMILES string of the molecule is O=c1[nH]c(O)c(C=c2cnn3c(=NC4CC4)cc(-c4ccnc(F)c4)nc23)[nH]1. The number of H-pyrrole nitrogens is 2. The Morgan fingerprint density at radius 3 is 2.89 bits per heavy atom. The van der Waals surface area contributed by atoms with Gasteiger partial charge in [0, 0.05) is 29.1 Å². The Kier molecular flexibility index (Phi) is 3.57. The molecule has 0 aromatic carbocycles. The van der Waals surface area contributed by atoms with Crippen molar-refractivity contribution in [3.8, 4) is 17.1 Å². The predicted octanol–water partition coefficient (Wildman–Crippen LogP) is 0.263. The molecule has 140 valence electrons. The third kappa shape index (κ3) is 2.94. The molecule has 9 nitrogen and oxygen atoms in total. The fourth-order valence-corrected chi connectivity index (χ4v) is 2.91. The highest BCUT2D eigenvalue weighted by Gasteiger charge is 2.20. The summed E-state index contributed by atoms with van der Waals surface area (Å²) in [6, 6.07) is 4.97. The number of aromatic amines is 2. The lowest BCUT2D eigenvalue weighted by molar-refractivity contribution is 0.454. The second-order valence-corrected chi connectivity index (χ2v) is 6.55. The molecule has 3 N–H and O–H groups in total. The van der Waals surface area contributed by atoms with Crippen molar-refractivity contribution < 1.29 is 9.50 Å². The van der Waals surface area contributed by atoms with Crippen LogP contribution in [0, 0.1) is 5.95 Å². The van der Waals surface area contributed by atoms with Gasteiger partial charge in [-0.05, 0) is 25.0 Å². The number of hydrogen-bond acceptors (Lipinski definition) is 6. The number of halogens is 1. The van der Waals surface area contributed by atoms with Crippen LogP contribution in [0.3, 0.4) is 0 Å². The first kappa shape index (κ1) is 16.4. The molecule has 0 aliphatic heterocycles. The van der Waals surface area contributed by atoms with Crippen LogP contribution in [0.1, 0.15) is 18.5 Å². The summed E-state index contributed by atoms with van der Waals surface area (Å²) < 4.78 is 15.2. The minimum absolute atomic E-state index is 0.211. The minimum atomic E-state index is -0.602. The largest absolute Gasteiger partial charge is 0.493 e. The van der Waals surface area contributed by atoms with Crippen LogP contribution >= 0.6 is 0 Å². The highest BCUT2D eigenvalue weighted by atomic mass is 19.1. The molecule has 1 fully saturated rings. The monoisotopic (exact) mass is 379 g/mol. The maximum Gasteiger partial charge on any atom is 0.326 e. The Balaban J connectivity index is 1.79. The molecule has 0 bridgehead atoms. The third-order valence-electron chi connectivity index (χ3n) is 4.40. The van der Waals surface area contributed by atoms with Crippen molar-refractivity contribution >= 4 is 11.7 Å². The quantitative estimate of drug-likeness (QED) is 0.441. The number of aromatic hydroxyl groups is 1. The van der Waals surface area contributed by atoms with Crippen molar-refractivity contribution in [1.29, 1.82) is 0 Å². The van der Waals surface area contributed by atoms with Crippen LogP contribution in [0.4, 0.5) is 4.39 Å². The number of pyridine rings is 1. The van der Waals surface area contributed by atoms with E-state index in [4.69, 9.17) is 0 Å². The summed E-state index contributed by atoms with van der Waals surface area (Å²) in [5.74, 6) is -0.880. The molecular weight excluding hydrogens is 365 g/mol. The molecule has 1 saturated carbocycles. The van der Waals surface area contributed by atoms with E-state index in [0.29, 0.717) is 27.6 Å². The average Bonchev–Trinajstić information content (AvgIpc) is 3.30. The van der Waals surface area contributed by atoms with Crippen LogP contribution < -0.4 is 16.4 Å². The van der Waals surface area contributed by atoms with E-state index in [-0.39, 0.29) is 17.6 Å². The number of nitrogens with one attached hydrogen (secondary N) is 2. The van der Waals surface area contributed by atoms with Crippen LogP contribution in [-0.4, -0.2) is 40.7 Å². The van der Waals surface area contributed by atoms with E-state index >= 15 is 0 Å². The summed E-state index contributed by atoms with van der Waals surface area (Å²) in [7, 11) is 0. The van der Waals surface area contributed by atoms with Crippen molar-refractivity contribution in [2.45, 2.75) is 18.9 Å². The lowest BCUT2D eigenvalue weighted by Crippen LogP contribution is -2.19. The molecule has 28 heavy (non-hydrogen) atoms. The van der Waals surface area contributed by atoms with Gasteiger partial charge in [0.2, 0.25) is 11.8 Å². The predicted molar refractivity (Wildman–Crippen MR) is 96.6 cm³/mol. The molecule has 0 amide bonds. The summed E-state index contributed by atoms with van der Waals surface area (Å²) in [6.45, 7) is 0. The molecule has 4 aromatic rings. The molecule has 5 rings (SSSR count). The molecule has 0 spiro atoms. The van der Waals surface area contributed by atoms with Gasteiger partial charge in [-0.2, -0.15) is 14.0 Å². The summed E-state index contributed by atoms with van der Waals surface area (Å²) >= 11 is 0. The third-order valence-corrected chi connectivity index (χ3v) is 4.40. The molecule has 1 aliphatic carbocycles. The van der Waals surface area contributed by atoms with Crippen molar-refractivity contribution in [1.82, 2.24) is 29.5 Å². The van der Waals surface area contributed by atoms with E-state index in [1.807, 2.05) is 0 Å². The van der Waals surface area contributed by atoms with Crippen molar-refractivity contribution in [2.75, 3.05) is 0 Å². The molecule has 4 aromatic heterocycles. The van der Waals surface area contributed by atoms with E-state index in [2.05, 4.69) is 30.0 Å². The minimum Gasteiger partial charge on any atom is -0.493 e. The molecule has 10 heteroatoms. The molecule has 0 radical (unpaired) electrons. The van der Waals surface area contributed by atoms with Gasteiger partial charge in [-0.3, -0.25) is 9.98 Å². The van der Waals surface area contributed by atoms with E-state index in [9.17, 15) is 14.3 Å². The number of hydrogen-bond donors (Lipinski definition) is 3. The van der Waals surface area contributed by atoms with Gasteiger partial charge in [0.05, 0.1) is 17.9 Å². The van der Waals surface area contributed by atoms with Crippen LogP contribution in [-0.2, 0) is 0 Å². The lowest BCUT2D eigenvalue weighted by Gasteiger charge is -2.03. The van der Waals surface area contributed by atoms with Crippen molar-refractivity contribution in [3.63, 3.8) is 0 Å². The van der Waals surface area contributed by atoms with E-state index in [1.54, 1.807) is 28.9 Å². The first-order valence-corrected chi connectivity index (χ1v) is 8.64. The van der Waals surface area contributed by atoms with Crippen LogP contribution in [0.15, 0.2) is 40.4 Å². The van der Waals surface area contributed by atoms with Crippen molar-refractivity contribution in [3.05, 3.63) is 63.4 Å². The van der Waals surface area contributed by atoms with Gasteiger partial charge in [0.1, 0.15) is 5.69 Å². The Bertz CT molecular complexity index is 1380. The molecule has 0 unspecified atom stereocenters. The standard InChI is InChI=1S/C18H14FN7O2/c19-14-6-9(3-4-20-14)12-7-15(22-11-1-2-11)26-16(23-12)10(8-21-26)5-13-17(27)25-18(28)24-13/h3-8,11,27H,1-2H2,(H2,24,25,28). The fraction of sp³-hybridized carbons (Fsp3) is 0.167. The zero-order valence-corrected chi connectivity index (χ0v) is 14.4. The highest BCUT2D eigenvalue weighted by Crippen LogP contribution is 2.23. The smallest absolute Gasteiger partial charge is 0.326 e. The van der Waals surface area contributed by atoms with E-state index < -0.39 is 11.6 Å². The second-order valence-electron chi connectivity index (χ2n) is 6.55. The summed E-state index contributed by atoms with van der Waals surface area (Å²) in [6.07, 6.45) is 6.53. The van der Waals surface area contributed by atoms with Gasteiger partial charge in [-0.1, -0.05) is 0 Å². The van der Waals surface area contributed by atoms with Gasteiger partial charge >= 0.3 is 5.69 Å². The maximum atomic E-state index is 13.6. The molecular formula is C18H14FN7O2. The molecule has 0 saturated heterocycles. The zero-order valence-electron chi connectivity index (χ0n) is 14.4. The second kappa shape index (κ2) is 6.12. The Morgan fingerprint density at radius 1 is 1.32 bits per heavy atom. The Hall–Kier alpha value is -3.82. The number of imidazole rings is 1. The number of fused-ring (bicyclic) bond motifs is 1. The van der Waals surface area contributed by atoms with Gasteiger partial charge in [0.15, 0.2) is 11.1 Å². The van der Waals surface area contributed by atoms with Crippen molar-refractivity contribution in [2.24, 2.45) is 4.99 Å². The van der Waals surface area contributed by atoms with Gasteiger partial charge in [0.25, 0.3) is 0 Å². The first-order chi connectivity index (χ1) is 13.6. The van der Waals surface area contributed by atoms with Gasteiger partial charge in [-0.25, -0.2) is 14.8 Å². The van der Waals surface area contributed by atoms with Crippen LogP contribution in [0.25, 0.3) is 23.0 Å². The molecule has 4 heterocycles. The molecule has 1 aliphatic rings. The number of aromatic nitrogens is 6. The summed E-state index contributed by atoms with van der Waals surface area (Å²) in [5.41, 5.74) is 1.84. The van der Waals surface area contributed by atoms with E-state index in [1.165, 1.54) is 12.3 Å². The van der Waals surface area contributed by atoms with Crippen LogP contribution in [0.2, 0.25) is 0 Å². The highest BCUT2D eigenvalue weighted by molar-refractivity contribution is 5.63. The lowest BCUT2D eigenvalue weighted by atomic mass is 10.2. The number of nitrogens with zero attached hydrogens (tertiary/aromatic N) is 5. The van der Waals surface area contributed by atoms with Crippen LogP contribution in [0.5, 0.6) is 5.88 Å². The summed E-state index contributed by atoms with van der Waals surface area (Å²) in [5, 5.41) is 14.7. The molecule has 0 atom stereocenters. The topological polar surface area (TPSA) is 124 Å². The first-order valence-electron chi connectivity index (χ1n) is 8.64. The maximum absolute atomic E-state index is 13.6. The fourth-order valence-electron chi connectivity index (χ4n) is 2.91. The average molecular weight is 379 g/mol.